The van der Waals surface area contributed by atoms with Crippen LogP contribution in [0, 0.1) is 0 Å². The van der Waals surface area contributed by atoms with Gasteiger partial charge in [0.05, 0.1) is 11.9 Å². The second kappa shape index (κ2) is 10.0. The van der Waals surface area contributed by atoms with E-state index in [1.807, 2.05) is 6.20 Å². The quantitative estimate of drug-likeness (QED) is 0.193. The topological polar surface area (TPSA) is 16.1 Å². The Kier molecular flexibility index (Phi) is 5.71. The minimum absolute atomic E-state index is 1.04. The van der Waals surface area contributed by atoms with E-state index in [0.29, 0.717) is 0 Å². The van der Waals surface area contributed by atoms with Gasteiger partial charge >= 0.3 is 0 Å². The van der Waals surface area contributed by atoms with Gasteiger partial charge in [0.1, 0.15) is 4.83 Å². The molecule has 0 fully saturated rings. The summed E-state index contributed by atoms with van der Waals surface area (Å²) in [6, 6.07) is 54.8. The van der Waals surface area contributed by atoms with Crippen molar-refractivity contribution in [1.29, 1.82) is 0 Å². The summed E-state index contributed by atoms with van der Waals surface area (Å²) in [6.07, 6.45) is 2.02. The van der Waals surface area contributed by atoms with Crippen molar-refractivity contribution in [3.05, 3.63) is 158 Å². The van der Waals surface area contributed by atoms with Crippen LogP contribution < -0.4 is 4.90 Å². The highest BCUT2D eigenvalue weighted by atomic mass is 32.1. The zero-order chi connectivity index (χ0) is 29.0. The molecule has 2 aromatic heterocycles. The molecule has 0 amide bonds. The maximum atomic E-state index is 4.99. The molecule has 7 aromatic carbocycles. The average Bonchev–Trinajstić information content (AvgIpc) is 3.47. The van der Waals surface area contributed by atoms with Crippen LogP contribution in [0.5, 0.6) is 0 Å². The third-order valence-corrected chi connectivity index (χ3v) is 9.77. The predicted molar refractivity (Wildman–Crippen MR) is 190 cm³/mol. The molecule has 0 atom stereocenters. The molecule has 3 heteroatoms. The molecule has 2 nitrogen and oxygen atoms in total. The van der Waals surface area contributed by atoms with Gasteiger partial charge in [-0.25, -0.2) is 4.98 Å². The maximum absolute atomic E-state index is 4.99. The van der Waals surface area contributed by atoms with Crippen LogP contribution in [0.3, 0.4) is 0 Å². The smallest absolute Gasteiger partial charge is 0.124 e. The lowest BCUT2D eigenvalue weighted by atomic mass is 9.96. The lowest BCUT2D eigenvalue weighted by Gasteiger charge is -2.26. The van der Waals surface area contributed by atoms with Crippen LogP contribution in [-0.4, -0.2) is 4.98 Å². The molecule has 0 aliphatic rings. The van der Waals surface area contributed by atoms with Gasteiger partial charge in [-0.15, -0.1) is 11.3 Å². The Bertz CT molecular complexity index is 2490. The highest BCUT2D eigenvalue weighted by molar-refractivity contribution is 7.25. The van der Waals surface area contributed by atoms with E-state index in [1.165, 1.54) is 58.9 Å². The summed E-state index contributed by atoms with van der Waals surface area (Å²) in [6.45, 7) is 0. The monoisotopic (exact) mass is 578 g/mol. The third kappa shape index (κ3) is 4.05. The van der Waals surface area contributed by atoms with Crippen LogP contribution in [0.4, 0.5) is 17.1 Å². The molecule has 0 bridgehead atoms. The van der Waals surface area contributed by atoms with Crippen molar-refractivity contribution >= 4 is 81.0 Å². The van der Waals surface area contributed by atoms with E-state index in [-0.39, 0.29) is 0 Å². The van der Waals surface area contributed by atoms with Gasteiger partial charge in [-0.1, -0.05) is 115 Å². The number of hydrogen-bond acceptors (Lipinski definition) is 3. The molecule has 0 aliphatic carbocycles. The minimum Gasteiger partial charge on any atom is -0.309 e. The third-order valence-electron chi connectivity index (χ3n) is 8.68. The molecule has 44 heavy (non-hydrogen) atoms. The molecule has 9 rings (SSSR count). The first-order chi connectivity index (χ1) is 21.8. The van der Waals surface area contributed by atoms with Gasteiger partial charge in [0.15, 0.2) is 0 Å². The van der Waals surface area contributed by atoms with Crippen molar-refractivity contribution in [3.63, 3.8) is 0 Å². The van der Waals surface area contributed by atoms with Gasteiger partial charge in [-0.05, 0) is 79.8 Å². The van der Waals surface area contributed by atoms with Crippen LogP contribution in [0.25, 0.3) is 63.7 Å². The summed E-state index contributed by atoms with van der Waals surface area (Å²) in [7, 11) is 0. The first kappa shape index (κ1) is 25.0. The molecule has 0 aliphatic heterocycles. The molecule has 0 radical (unpaired) electrons. The van der Waals surface area contributed by atoms with E-state index in [1.54, 1.807) is 11.3 Å². The van der Waals surface area contributed by atoms with Gasteiger partial charge in [-0.2, -0.15) is 0 Å². The number of nitrogens with zero attached hydrogens (tertiary/aromatic N) is 2. The van der Waals surface area contributed by atoms with Gasteiger partial charge < -0.3 is 4.90 Å². The van der Waals surface area contributed by atoms with Crippen LogP contribution in [-0.2, 0) is 0 Å². The maximum Gasteiger partial charge on any atom is 0.124 e. The van der Waals surface area contributed by atoms with E-state index >= 15 is 0 Å². The number of rotatable bonds is 4. The highest BCUT2D eigenvalue weighted by Gasteiger charge is 2.17. The first-order valence-electron chi connectivity index (χ1n) is 14.9. The van der Waals surface area contributed by atoms with Gasteiger partial charge in [0.2, 0.25) is 0 Å². The van der Waals surface area contributed by atoms with E-state index < -0.39 is 0 Å². The lowest BCUT2D eigenvalue weighted by molar-refractivity contribution is 1.26. The van der Waals surface area contributed by atoms with Crippen LogP contribution in [0.1, 0.15) is 0 Å². The van der Waals surface area contributed by atoms with Crippen molar-refractivity contribution in [1.82, 2.24) is 4.98 Å². The van der Waals surface area contributed by atoms with E-state index in [0.717, 1.165) is 21.9 Å². The summed E-state index contributed by atoms with van der Waals surface area (Å²) in [5, 5.41) is 9.99. The van der Waals surface area contributed by atoms with Crippen molar-refractivity contribution < 1.29 is 0 Å². The summed E-state index contributed by atoms with van der Waals surface area (Å²) >= 11 is 1.75. The molecule has 0 spiro atoms. The Morgan fingerprint density at radius 1 is 0.432 bits per heavy atom. The second-order valence-electron chi connectivity index (χ2n) is 11.2. The summed E-state index contributed by atoms with van der Waals surface area (Å²) in [5.41, 5.74) is 5.64. The van der Waals surface area contributed by atoms with Gasteiger partial charge in [0, 0.05) is 26.8 Å². The van der Waals surface area contributed by atoms with E-state index in [4.69, 9.17) is 4.98 Å². The Hall–Kier alpha value is -5.51. The van der Waals surface area contributed by atoms with Crippen molar-refractivity contribution in [2.75, 3.05) is 4.90 Å². The Balaban J connectivity index is 1.29. The number of anilines is 3. The second-order valence-corrected chi connectivity index (χ2v) is 12.3. The number of fused-ring (bicyclic) bond motifs is 8. The molecular formula is C41H26N2S. The zero-order valence-electron chi connectivity index (χ0n) is 23.8. The van der Waals surface area contributed by atoms with Crippen molar-refractivity contribution in [3.8, 4) is 11.1 Å². The van der Waals surface area contributed by atoms with Crippen LogP contribution in [0.2, 0.25) is 0 Å². The fourth-order valence-electron chi connectivity index (χ4n) is 6.55. The van der Waals surface area contributed by atoms with E-state index in [9.17, 15) is 0 Å². The largest absolute Gasteiger partial charge is 0.309 e. The van der Waals surface area contributed by atoms with Gasteiger partial charge in [0.25, 0.3) is 0 Å². The number of thiophene rings is 1. The predicted octanol–water partition coefficient (Wildman–Crippen LogP) is 12.0. The lowest BCUT2D eigenvalue weighted by Crippen LogP contribution is -2.10. The Morgan fingerprint density at radius 2 is 1.05 bits per heavy atom. The molecule has 0 saturated heterocycles. The summed E-state index contributed by atoms with van der Waals surface area (Å²) < 4.78 is 1.26. The molecule has 2 heterocycles. The molecule has 9 aromatic rings. The molecule has 206 valence electrons. The normalized spacial score (nSPS) is 11.6. The first-order valence-corrected chi connectivity index (χ1v) is 15.7. The fourth-order valence-corrected chi connectivity index (χ4v) is 7.58. The minimum atomic E-state index is 1.04. The van der Waals surface area contributed by atoms with Crippen molar-refractivity contribution in [2.45, 2.75) is 0 Å². The Morgan fingerprint density at radius 3 is 1.89 bits per heavy atom. The average molecular weight is 579 g/mol. The van der Waals surface area contributed by atoms with Gasteiger partial charge in [-0.3, -0.25) is 0 Å². The van der Waals surface area contributed by atoms with Crippen LogP contribution in [0.15, 0.2) is 158 Å². The SMILES string of the molecule is c1ccc(-c2ccc(N(c3cnc4sc5ccccc5c4c3)c3ccc4ccc5ccc6ccccc6c5c4c3)cc2)cc1. The molecule has 0 saturated carbocycles. The zero-order valence-corrected chi connectivity index (χ0v) is 24.6. The number of hydrogen-bond donors (Lipinski definition) is 0. The molecule has 0 N–H and O–H groups in total. The highest BCUT2D eigenvalue weighted by Crippen LogP contribution is 2.42. The molecular weight excluding hydrogens is 553 g/mol. The fraction of sp³-hybridized carbons (Fsp3) is 0. The number of pyridine rings is 1. The Labute approximate surface area is 259 Å². The summed E-state index contributed by atoms with van der Waals surface area (Å²) in [4.78, 5) is 8.39. The van der Waals surface area contributed by atoms with Crippen LogP contribution >= 0.6 is 11.3 Å². The number of benzene rings is 7. The van der Waals surface area contributed by atoms with E-state index in [2.05, 4.69) is 157 Å². The molecule has 0 unspecified atom stereocenters. The summed E-state index contributed by atoms with van der Waals surface area (Å²) in [5.74, 6) is 0. The van der Waals surface area contributed by atoms with Crippen molar-refractivity contribution in [2.24, 2.45) is 0 Å². The number of aromatic nitrogens is 1. The standard InChI is InChI=1S/C41H26N2S/c1-2-8-27(9-3-1)28-18-21-32(22-19-28)43(34-25-38-36-12-6-7-13-39(36)44-41(38)42-26-34)33-23-20-30-15-17-31-16-14-29-10-4-5-11-35(29)40(31)37(30)24-33/h1-26H.